The van der Waals surface area contributed by atoms with E-state index in [-0.39, 0.29) is 17.0 Å². The van der Waals surface area contributed by atoms with Gasteiger partial charge in [-0.15, -0.1) is 5.10 Å². The van der Waals surface area contributed by atoms with Crippen LogP contribution < -0.4 is 9.64 Å². The summed E-state index contributed by atoms with van der Waals surface area (Å²) in [4.78, 5) is 18.3. The number of hydrogen-bond acceptors (Lipinski definition) is 5. The molecular weight excluding hydrogens is 413 g/mol. The quantitative estimate of drug-likeness (QED) is 0.680. The molecule has 3 rings (SSSR count). The monoisotopic (exact) mass is 440 g/mol. The van der Waals surface area contributed by atoms with E-state index in [0.29, 0.717) is 24.1 Å². The molecule has 0 aliphatic carbocycles. The number of aromatic carboxylic acids is 1. The Morgan fingerprint density at radius 3 is 2.52 bits per heavy atom. The van der Waals surface area contributed by atoms with E-state index in [4.69, 9.17) is 4.74 Å². The number of aromatic nitrogens is 3. The van der Waals surface area contributed by atoms with Gasteiger partial charge in [0.1, 0.15) is 11.4 Å². The molecule has 2 atom stereocenters. The fourth-order valence-corrected chi connectivity index (χ4v) is 3.40. The van der Waals surface area contributed by atoms with E-state index < -0.39 is 24.2 Å². The van der Waals surface area contributed by atoms with Gasteiger partial charge >= 0.3 is 5.97 Å². The summed E-state index contributed by atoms with van der Waals surface area (Å²) in [6.45, 7) is 8.97. The average Bonchev–Trinajstić information content (AvgIpc) is 3.25. The van der Waals surface area contributed by atoms with Crippen LogP contribution in [0, 0.1) is 11.3 Å². The third-order valence-electron chi connectivity index (χ3n) is 6.20. The van der Waals surface area contributed by atoms with Gasteiger partial charge in [-0.05, 0) is 52.2 Å². The Kier molecular flexibility index (Phi) is 5.94. The van der Waals surface area contributed by atoms with Gasteiger partial charge in [0.25, 0.3) is 6.36 Å². The summed E-state index contributed by atoms with van der Waals surface area (Å²) in [5.74, 6) is -0.317. The molecule has 1 fully saturated rings. The average molecular weight is 440 g/mol. The molecule has 31 heavy (non-hydrogen) atoms. The van der Waals surface area contributed by atoms with Gasteiger partial charge in [-0.2, -0.15) is 0 Å². The van der Waals surface area contributed by atoms with Crippen molar-refractivity contribution in [3.05, 3.63) is 30.0 Å². The molecule has 0 saturated carbocycles. The Balaban J connectivity index is 1.92. The van der Waals surface area contributed by atoms with E-state index >= 15 is 0 Å². The molecule has 170 valence electrons. The molecule has 1 aliphatic rings. The molecule has 1 N–H and O–H groups in total. The second kappa shape index (κ2) is 8.05. The number of alkyl halides is 3. The van der Waals surface area contributed by atoms with Gasteiger partial charge in [0.05, 0.1) is 5.41 Å². The molecule has 2 aromatic rings. The van der Waals surface area contributed by atoms with Crippen LogP contribution >= 0.6 is 0 Å². The minimum atomic E-state index is -2.91. The molecule has 7 nitrogen and oxygen atoms in total. The first-order valence-corrected chi connectivity index (χ1v) is 10.0. The third kappa shape index (κ3) is 4.20. The molecule has 2 aromatic heterocycles. The van der Waals surface area contributed by atoms with Crippen molar-refractivity contribution in [2.45, 2.75) is 59.4 Å². The second-order valence-electron chi connectivity index (χ2n) is 9.00. The van der Waals surface area contributed by atoms with Crippen LogP contribution in [-0.4, -0.2) is 50.7 Å². The fraction of sp³-hybridized carbons (Fsp3) is 0.571. The molecular formula is C21H27F3N4O3. The van der Waals surface area contributed by atoms with Gasteiger partial charge in [-0.25, -0.2) is 27.6 Å². The van der Waals surface area contributed by atoms with E-state index in [9.17, 15) is 23.1 Å². The number of carboxylic acid groups (broad SMARTS) is 1. The molecule has 0 radical (unpaired) electrons. The zero-order valence-electron chi connectivity index (χ0n) is 18.1. The Hall–Kier alpha value is -2.78. The normalized spacial score (nSPS) is 19.6. The summed E-state index contributed by atoms with van der Waals surface area (Å²) in [5, 5.41) is 13.7. The zero-order chi connectivity index (χ0) is 23.1. The lowest BCUT2D eigenvalue weighted by Crippen LogP contribution is -2.43. The van der Waals surface area contributed by atoms with Crippen LogP contribution in [0.4, 0.5) is 19.0 Å². The van der Waals surface area contributed by atoms with E-state index in [1.807, 2.05) is 18.7 Å². The Labute approximate surface area is 178 Å². The van der Waals surface area contributed by atoms with Crippen LogP contribution in [0.3, 0.4) is 0 Å². The van der Waals surface area contributed by atoms with Gasteiger partial charge in [0.15, 0.2) is 5.82 Å². The van der Waals surface area contributed by atoms with Crippen LogP contribution in [0.2, 0.25) is 0 Å². The Bertz CT molecular complexity index is 961. The predicted molar refractivity (Wildman–Crippen MR) is 109 cm³/mol. The Morgan fingerprint density at radius 1 is 1.29 bits per heavy atom. The van der Waals surface area contributed by atoms with Crippen molar-refractivity contribution in [1.29, 1.82) is 0 Å². The van der Waals surface area contributed by atoms with Gasteiger partial charge in [0, 0.05) is 24.3 Å². The summed E-state index contributed by atoms with van der Waals surface area (Å²) >= 11 is 0. The van der Waals surface area contributed by atoms with Gasteiger partial charge in [-0.3, -0.25) is 0 Å². The van der Waals surface area contributed by atoms with Crippen molar-refractivity contribution in [3.8, 4) is 11.7 Å². The summed E-state index contributed by atoms with van der Waals surface area (Å²) in [5.41, 5.74) is -2.23. The van der Waals surface area contributed by atoms with E-state index in [1.54, 1.807) is 0 Å². The topological polar surface area (TPSA) is 80.5 Å². The minimum Gasteiger partial charge on any atom is -0.478 e. The lowest BCUT2D eigenvalue weighted by Gasteiger charge is -2.36. The fourth-order valence-electron chi connectivity index (χ4n) is 3.40. The number of rotatable bonds is 7. The highest BCUT2D eigenvalue weighted by Gasteiger charge is 2.42. The Morgan fingerprint density at radius 2 is 1.97 bits per heavy atom. The maximum atomic E-state index is 14.2. The first-order valence-electron chi connectivity index (χ1n) is 10.0. The van der Waals surface area contributed by atoms with Crippen molar-refractivity contribution in [3.63, 3.8) is 0 Å². The predicted octanol–water partition coefficient (Wildman–Crippen LogP) is 4.56. The highest BCUT2D eigenvalue weighted by molar-refractivity contribution is 5.93. The first kappa shape index (κ1) is 22.9. The van der Waals surface area contributed by atoms with E-state index in [2.05, 4.69) is 17.0 Å². The van der Waals surface area contributed by atoms with Crippen molar-refractivity contribution >= 4 is 11.8 Å². The van der Waals surface area contributed by atoms with Crippen molar-refractivity contribution < 1.29 is 27.8 Å². The van der Waals surface area contributed by atoms with Crippen molar-refractivity contribution in [1.82, 2.24) is 14.8 Å². The number of ether oxygens (including phenoxy) is 1. The highest BCUT2D eigenvalue weighted by Crippen LogP contribution is 2.39. The molecule has 10 heteroatoms. The second-order valence-corrected chi connectivity index (χ2v) is 9.00. The SMILES string of the molecule is CC1CCN(c2nc(-n3ccc(OC(F)C(C)(C)C(F)F)n3)ccc2C(=O)O)C1(C)C. The van der Waals surface area contributed by atoms with Crippen LogP contribution in [0.1, 0.15) is 51.4 Å². The van der Waals surface area contributed by atoms with Crippen LogP contribution in [-0.2, 0) is 0 Å². The molecule has 1 saturated heterocycles. The van der Waals surface area contributed by atoms with Crippen LogP contribution in [0.5, 0.6) is 5.88 Å². The maximum absolute atomic E-state index is 14.2. The number of anilines is 1. The van der Waals surface area contributed by atoms with E-state index in [0.717, 1.165) is 20.3 Å². The zero-order valence-corrected chi connectivity index (χ0v) is 18.1. The lowest BCUT2D eigenvalue weighted by atomic mass is 9.90. The molecule has 3 heterocycles. The highest BCUT2D eigenvalue weighted by atomic mass is 19.3. The first-order chi connectivity index (χ1) is 14.4. The molecule has 0 aromatic carbocycles. The number of pyridine rings is 1. The number of nitrogens with zero attached hydrogens (tertiary/aromatic N) is 4. The van der Waals surface area contributed by atoms with Crippen LogP contribution in [0.25, 0.3) is 5.82 Å². The summed E-state index contributed by atoms with van der Waals surface area (Å²) in [6, 6.07) is 4.26. The minimum absolute atomic E-state index is 0.0667. The van der Waals surface area contributed by atoms with Crippen molar-refractivity contribution in [2.24, 2.45) is 11.3 Å². The smallest absolute Gasteiger partial charge is 0.339 e. The molecule has 1 aliphatic heterocycles. The summed E-state index contributed by atoms with van der Waals surface area (Å²) < 4.78 is 46.5. The summed E-state index contributed by atoms with van der Waals surface area (Å²) in [7, 11) is 0. The number of halogens is 3. The standard InChI is InChI=1S/C21H27F3N4O3/c1-12-8-10-27(21(12,4)5)16-13(17(29)30)6-7-14(25-16)28-11-9-15(26-28)31-19(24)20(2,3)18(22)23/h6-7,9,11-12,18-19H,8,10H2,1-5H3,(H,29,30). The van der Waals surface area contributed by atoms with Gasteiger partial charge < -0.3 is 14.7 Å². The number of carbonyl (C=O) groups is 1. The number of carboxylic acids is 1. The maximum Gasteiger partial charge on any atom is 0.339 e. The molecule has 0 spiro atoms. The van der Waals surface area contributed by atoms with Crippen molar-refractivity contribution in [2.75, 3.05) is 11.4 Å². The van der Waals surface area contributed by atoms with Gasteiger partial charge in [-0.1, -0.05) is 6.92 Å². The summed E-state index contributed by atoms with van der Waals surface area (Å²) in [6.07, 6.45) is -2.83. The largest absolute Gasteiger partial charge is 0.478 e. The third-order valence-corrected chi connectivity index (χ3v) is 6.20. The number of hydrogen-bond donors (Lipinski definition) is 1. The van der Waals surface area contributed by atoms with E-state index in [1.165, 1.54) is 29.1 Å². The van der Waals surface area contributed by atoms with Gasteiger partial charge in [0.2, 0.25) is 12.3 Å². The van der Waals surface area contributed by atoms with Crippen LogP contribution in [0.15, 0.2) is 24.4 Å². The molecule has 2 unspecified atom stereocenters. The lowest BCUT2D eigenvalue weighted by molar-refractivity contribution is -0.115. The molecule has 0 bridgehead atoms. The molecule has 0 amide bonds.